The summed E-state index contributed by atoms with van der Waals surface area (Å²) in [5, 5.41) is 9.75. The van der Waals surface area contributed by atoms with E-state index in [9.17, 15) is 14.7 Å². The molecule has 6 heteroatoms. The highest BCUT2D eigenvalue weighted by molar-refractivity contribution is 5.86. The first-order chi connectivity index (χ1) is 12.6. The second-order valence-electron chi connectivity index (χ2n) is 8.85. The second-order valence-corrected chi connectivity index (χ2v) is 8.85. The van der Waals surface area contributed by atoms with E-state index in [0.29, 0.717) is 12.6 Å². The van der Waals surface area contributed by atoms with E-state index in [1.807, 2.05) is 9.80 Å². The minimum atomic E-state index is -0.347. The molecule has 1 N–H and O–H groups in total. The Balaban J connectivity index is 1.41. The van der Waals surface area contributed by atoms with Crippen molar-refractivity contribution in [3.63, 3.8) is 0 Å². The van der Waals surface area contributed by atoms with Gasteiger partial charge in [-0.1, -0.05) is 0 Å². The third kappa shape index (κ3) is 3.32. The van der Waals surface area contributed by atoms with Crippen LogP contribution in [0.4, 0.5) is 4.79 Å². The van der Waals surface area contributed by atoms with Gasteiger partial charge in [-0.2, -0.15) is 0 Å². The molecule has 1 spiro atoms. The SMILES string of the molecule is O=C(N1CCCCC1)N1CCCC2(CCN(C3CCC(O)CC3)C2=O)C1. The van der Waals surface area contributed by atoms with Crippen molar-refractivity contribution in [1.82, 2.24) is 14.7 Å². The first-order valence-corrected chi connectivity index (χ1v) is 10.6. The van der Waals surface area contributed by atoms with E-state index in [4.69, 9.17) is 0 Å². The lowest BCUT2D eigenvalue weighted by Gasteiger charge is -2.42. The van der Waals surface area contributed by atoms with Crippen molar-refractivity contribution in [3.8, 4) is 0 Å². The van der Waals surface area contributed by atoms with Gasteiger partial charge in [0.25, 0.3) is 0 Å². The molecule has 0 bridgehead atoms. The third-order valence-corrected chi connectivity index (χ3v) is 7.13. The number of aliphatic hydroxyl groups excluding tert-OH is 1. The maximum absolute atomic E-state index is 13.3. The Morgan fingerprint density at radius 3 is 2.31 bits per heavy atom. The Kier molecular flexibility index (Phi) is 5.13. The number of aliphatic hydroxyl groups is 1. The maximum Gasteiger partial charge on any atom is 0.320 e. The molecule has 1 aliphatic carbocycles. The lowest BCUT2D eigenvalue weighted by molar-refractivity contribution is -0.141. The van der Waals surface area contributed by atoms with E-state index in [-0.39, 0.29) is 23.5 Å². The predicted molar refractivity (Wildman–Crippen MR) is 98.7 cm³/mol. The zero-order valence-corrected chi connectivity index (χ0v) is 15.9. The molecule has 4 fully saturated rings. The Morgan fingerprint density at radius 2 is 1.58 bits per heavy atom. The summed E-state index contributed by atoms with van der Waals surface area (Å²) in [4.78, 5) is 32.3. The van der Waals surface area contributed by atoms with Gasteiger partial charge in [-0.05, 0) is 64.2 Å². The van der Waals surface area contributed by atoms with Crippen LogP contribution in [0.5, 0.6) is 0 Å². The van der Waals surface area contributed by atoms with Crippen LogP contribution in [-0.4, -0.2) is 76.6 Å². The van der Waals surface area contributed by atoms with Crippen LogP contribution in [0.15, 0.2) is 0 Å². The number of hydrogen-bond acceptors (Lipinski definition) is 3. The number of nitrogens with zero attached hydrogens (tertiary/aromatic N) is 3. The number of hydrogen-bond donors (Lipinski definition) is 1. The molecular formula is C20H33N3O3. The summed E-state index contributed by atoms with van der Waals surface area (Å²) in [6.07, 6.45) is 9.41. The van der Waals surface area contributed by atoms with Crippen molar-refractivity contribution < 1.29 is 14.7 Å². The third-order valence-electron chi connectivity index (χ3n) is 7.13. The maximum atomic E-state index is 13.3. The highest BCUT2D eigenvalue weighted by atomic mass is 16.3. The summed E-state index contributed by atoms with van der Waals surface area (Å²) in [5.41, 5.74) is -0.347. The van der Waals surface area contributed by atoms with Crippen LogP contribution in [0.2, 0.25) is 0 Å². The summed E-state index contributed by atoms with van der Waals surface area (Å²) >= 11 is 0. The number of carbonyl (C=O) groups excluding carboxylic acids is 2. The molecule has 146 valence electrons. The Bertz CT molecular complexity index is 540. The van der Waals surface area contributed by atoms with E-state index in [1.165, 1.54) is 6.42 Å². The standard InChI is InChI=1S/C20H33N3O3/c24-17-7-5-16(6-8-17)23-14-10-20(18(23)25)9-4-13-22(15-20)19(26)21-11-2-1-3-12-21/h16-17,24H,1-15H2. The number of urea groups is 1. The second kappa shape index (κ2) is 7.37. The lowest BCUT2D eigenvalue weighted by atomic mass is 9.78. The molecule has 4 rings (SSSR count). The van der Waals surface area contributed by atoms with Crippen LogP contribution in [-0.2, 0) is 4.79 Å². The highest BCUT2D eigenvalue weighted by Gasteiger charge is 2.51. The summed E-state index contributed by atoms with van der Waals surface area (Å²) in [5.74, 6) is 0.273. The average molecular weight is 364 g/mol. The Hall–Kier alpha value is -1.30. The molecule has 0 aromatic heterocycles. The molecule has 3 heterocycles. The summed E-state index contributed by atoms with van der Waals surface area (Å²) in [7, 11) is 0. The molecular weight excluding hydrogens is 330 g/mol. The van der Waals surface area contributed by atoms with Gasteiger partial charge in [0.2, 0.25) is 5.91 Å². The van der Waals surface area contributed by atoms with E-state index in [2.05, 4.69) is 4.90 Å². The van der Waals surface area contributed by atoms with Crippen LogP contribution in [0.25, 0.3) is 0 Å². The van der Waals surface area contributed by atoms with Gasteiger partial charge in [0.1, 0.15) is 0 Å². The van der Waals surface area contributed by atoms with E-state index in [0.717, 1.165) is 84.0 Å². The number of amides is 3. The fourth-order valence-corrected chi connectivity index (χ4v) is 5.52. The topological polar surface area (TPSA) is 64.1 Å². The molecule has 4 aliphatic rings. The van der Waals surface area contributed by atoms with Gasteiger partial charge in [0.15, 0.2) is 0 Å². The average Bonchev–Trinajstić information content (AvgIpc) is 2.98. The minimum absolute atomic E-state index is 0.149. The van der Waals surface area contributed by atoms with Crippen molar-refractivity contribution in [1.29, 1.82) is 0 Å². The lowest BCUT2D eigenvalue weighted by Crippen LogP contribution is -2.54. The molecule has 1 unspecified atom stereocenters. The van der Waals surface area contributed by atoms with E-state index < -0.39 is 0 Å². The van der Waals surface area contributed by atoms with Crippen molar-refractivity contribution in [3.05, 3.63) is 0 Å². The Morgan fingerprint density at radius 1 is 0.885 bits per heavy atom. The molecule has 0 aromatic carbocycles. The number of rotatable bonds is 1. The molecule has 3 saturated heterocycles. The van der Waals surface area contributed by atoms with Crippen LogP contribution in [0, 0.1) is 5.41 Å². The Labute approximate surface area is 156 Å². The fourth-order valence-electron chi connectivity index (χ4n) is 5.52. The van der Waals surface area contributed by atoms with Crippen LogP contribution in [0.1, 0.15) is 64.2 Å². The van der Waals surface area contributed by atoms with Crippen molar-refractivity contribution in [2.24, 2.45) is 5.41 Å². The van der Waals surface area contributed by atoms with E-state index >= 15 is 0 Å². The fraction of sp³-hybridized carbons (Fsp3) is 0.900. The molecule has 0 radical (unpaired) electrons. The molecule has 1 saturated carbocycles. The smallest absolute Gasteiger partial charge is 0.320 e. The van der Waals surface area contributed by atoms with Gasteiger partial charge >= 0.3 is 6.03 Å². The molecule has 1 atom stereocenters. The zero-order valence-electron chi connectivity index (χ0n) is 15.9. The normalized spacial score (nSPS) is 36.0. The summed E-state index contributed by atoms with van der Waals surface area (Å²) in [6.45, 7) is 3.96. The van der Waals surface area contributed by atoms with Crippen LogP contribution >= 0.6 is 0 Å². The zero-order chi connectivity index (χ0) is 18.1. The first kappa shape index (κ1) is 18.1. The highest BCUT2D eigenvalue weighted by Crippen LogP contribution is 2.42. The van der Waals surface area contributed by atoms with Gasteiger partial charge in [-0.25, -0.2) is 4.79 Å². The van der Waals surface area contributed by atoms with Crippen LogP contribution in [0.3, 0.4) is 0 Å². The van der Waals surface area contributed by atoms with Gasteiger partial charge in [0, 0.05) is 38.8 Å². The van der Waals surface area contributed by atoms with Gasteiger partial charge < -0.3 is 19.8 Å². The molecule has 6 nitrogen and oxygen atoms in total. The van der Waals surface area contributed by atoms with Crippen molar-refractivity contribution in [2.75, 3.05) is 32.7 Å². The molecule has 3 amide bonds. The monoisotopic (exact) mass is 363 g/mol. The van der Waals surface area contributed by atoms with E-state index in [1.54, 1.807) is 0 Å². The summed E-state index contributed by atoms with van der Waals surface area (Å²) in [6, 6.07) is 0.439. The number of carbonyl (C=O) groups is 2. The van der Waals surface area contributed by atoms with Crippen molar-refractivity contribution >= 4 is 11.9 Å². The van der Waals surface area contributed by atoms with Crippen LogP contribution < -0.4 is 0 Å². The largest absolute Gasteiger partial charge is 0.393 e. The molecule has 3 aliphatic heterocycles. The van der Waals surface area contributed by atoms with Gasteiger partial charge in [0.05, 0.1) is 11.5 Å². The number of likely N-dealkylation sites (tertiary alicyclic amines) is 3. The number of piperidine rings is 2. The first-order valence-electron chi connectivity index (χ1n) is 10.6. The quantitative estimate of drug-likeness (QED) is 0.777. The molecule has 26 heavy (non-hydrogen) atoms. The van der Waals surface area contributed by atoms with Gasteiger partial charge in [-0.15, -0.1) is 0 Å². The minimum Gasteiger partial charge on any atom is -0.393 e. The summed E-state index contributed by atoms with van der Waals surface area (Å²) < 4.78 is 0. The predicted octanol–water partition coefficient (Wildman–Crippen LogP) is 2.21. The van der Waals surface area contributed by atoms with Gasteiger partial charge in [-0.3, -0.25) is 4.79 Å². The molecule has 0 aromatic rings. The van der Waals surface area contributed by atoms with Crippen molar-refractivity contribution in [2.45, 2.75) is 76.4 Å².